The summed E-state index contributed by atoms with van der Waals surface area (Å²) in [7, 11) is -0.776. The first-order valence-electron chi connectivity index (χ1n) is 9.17. The van der Waals surface area contributed by atoms with Gasteiger partial charge in [0, 0.05) is 26.1 Å². The van der Waals surface area contributed by atoms with Crippen molar-refractivity contribution in [1.29, 1.82) is 0 Å². The molecule has 2 aromatic rings. The Balaban J connectivity index is 0.000000277. The van der Waals surface area contributed by atoms with Gasteiger partial charge in [0.25, 0.3) is 0 Å². The van der Waals surface area contributed by atoms with Crippen LogP contribution < -0.4 is 10.2 Å². The SMILES string of the molecule is CC(=O)OOB(O)OOC(C)=O.COc1c(F)c(F)cc2c(=O)c(C(=O)O)cn(C3CC3)c12. The Kier molecular flexibility index (Phi) is 8.45. The van der Waals surface area contributed by atoms with Crippen molar-refractivity contribution in [3.63, 3.8) is 0 Å². The zero-order valence-corrected chi connectivity index (χ0v) is 17.5. The smallest absolute Gasteiger partial charge is 0.491 e. The highest BCUT2D eigenvalue weighted by Crippen LogP contribution is 2.40. The number of carboxylic acids is 1. The molecule has 1 aliphatic rings. The van der Waals surface area contributed by atoms with Crippen molar-refractivity contribution in [2.45, 2.75) is 32.7 Å². The van der Waals surface area contributed by atoms with Gasteiger partial charge in [-0.3, -0.25) is 4.79 Å². The number of hydrogen-bond acceptors (Lipinski definition) is 10. The van der Waals surface area contributed by atoms with Gasteiger partial charge in [-0.1, -0.05) is 0 Å². The van der Waals surface area contributed by atoms with Gasteiger partial charge in [0.05, 0.1) is 18.0 Å². The molecule has 1 heterocycles. The molecule has 1 saturated carbocycles. The number of aromatic nitrogens is 1. The second-order valence-electron chi connectivity index (χ2n) is 6.57. The molecular weight excluding hydrogens is 455 g/mol. The lowest BCUT2D eigenvalue weighted by atomic mass is 10.1. The molecule has 1 aromatic heterocycles. The van der Waals surface area contributed by atoms with Gasteiger partial charge in [-0.2, -0.15) is 14.0 Å². The number of benzene rings is 1. The number of carbonyl (C=O) groups excluding carboxylic acids is 2. The molecule has 0 saturated heterocycles. The molecule has 0 atom stereocenters. The fraction of sp³-hybridized carbons (Fsp3) is 0.333. The van der Waals surface area contributed by atoms with E-state index in [0.717, 1.165) is 32.8 Å². The molecule has 0 spiro atoms. The lowest BCUT2D eigenvalue weighted by Crippen LogP contribution is -2.25. The monoisotopic (exact) mass is 473 g/mol. The third kappa shape index (κ3) is 6.47. The minimum Gasteiger partial charge on any atom is -0.491 e. The number of ether oxygens (including phenoxy) is 1. The first kappa shape index (κ1) is 25.7. The van der Waals surface area contributed by atoms with Crippen molar-refractivity contribution >= 4 is 36.1 Å². The fourth-order valence-electron chi connectivity index (χ4n) is 2.64. The number of halogens is 2. The van der Waals surface area contributed by atoms with Crippen LogP contribution in [-0.4, -0.2) is 47.0 Å². The Morgan fingerprint density at radius 2 is 1.67 bits per heavy atom. The average molecular weight is 473 g/mol. The van der Waals surface area contributed by atoms with Crippen LogP contribution >= 0.6 is 0 Å². The number of methoxy groups -OCH3 is 1. The summed E-state index contributed by atoms with van der Waals surface area (Å²) in [5.74, 6) is -5.78. The molecule has 33 heavy (non-hydrogen) atoms. The average Bonchev–Trinajstić information content (AvgIpc) is 3.58. The van der Waals surface area contributed by atoms with Crippen molar-refractivity contribution in [2.75, 3.05) is 7.11 Å². The summed E-state index contributed by atoms with van der Waals surface area (Å²) >= 11 is 0. The van der Waals surface area contributed by atoms with E-state index in [0.29, 0.717) is 0 Å². The summed E-state index contributed by atoms with van der Waals surface area (Å²) in [6.45, 7) is 2.11. The maximum Gasteiger partial charge on any atom is 0.713 e. The number of carbonyl (C=O) groups is 3. The Labute approximate surface area is 184 Å². The van der Waals surface area contributed by atoms with E-state index in [9.17, 15) is 28.0 Å². The van der Waals surface area contributed by atoms with Crippen LogP contribution in [0.5, 0.6) is 5.75 Å². The summed E-state index contributed by atoms with van der Waals surface area (Å²) in [6, 6.07) is 0.686. The standard InChI is InChI=1S/C14H11F2NO4.C4H7BO7/c1-21-13-10(16)9(15)4-7-11(13)17(6-2-3-6)5-8(12(7)18)14(19)20;1-3(6)9-11-5(8)12-10-4(2)7/h4-6H,2-3H2,1H3,(H,19,20);8H,1-2H3. The van der Waals surface area contributed by atoms with E-state index in [1.165, 1.54) is 17.9 Å². The van der Waals surface area contributed by atoms with E-state index in [1.807, 2.05) is 0 Å². The summed E-state index contributed by atoms with van der Waals surface area (Å²) in [4.78, 5) is 58.8. The van der Waals surface area contributed by atoms with Crippen LogP contribution in [-0.2, 0) is 29.0 Å². The molecule has 0 aliphatic heterocycles. The molecule has 2 N–H and O–H groups in total. The van der Waals surface area contributed by atoms with Crippen molar-refractivity contribution in [2.24, 2.45) is 0 Å². The van der Waals surface area contributed by atoms with Gasteiger partial charge in [0.15, 0.2) is 11.6 Å². The summed E-state index contributed by atoms with van der Waals surface area (Å²) in [5.41, 5.74) is -1.23. The number of fused-ring (bicyclic) bond motifs is 1. The van der Waals surface area contributed by atoms with Crippen LogP contribution in [0.1, 0.15) is 43.1 Å². The molecule has 0 radical (unpaired) electrons. The zero-order chi connectivity index (χ0) is 24.9. The number of carboxylic acid groups (broad SMARTS) is 1. The third-order valence-corrected chi connectivity index (χ3v) is 4.04. The van der Waals surface area contributed by atoms with Gasteiger partial charge < -0.3 is 29.2 Å². The lowest BCUT2D eigenvalue weighted by Gasteiger charge is -2.15. The van der Waals surface area contributed by atoms with Gasteiger partial charge in [-0.25, -0.2) is 18.8 Å². The minimum absolute atomic E-state index is 0.0371. The number of aromatic carboxylic acids is 1. The largest absolute Gasteiger partial charge is 0.713 e. The van der Waals surface area contributed by atoms with Crippen molar-refractivity contribution < 1.29 is 57.4 Å². The maximum absolute atomic E-state index is 13.9. The second-order valence-corrected chi connectivity index (χ2v) is 6.57. The van der Waals surface area contributed by atoms with E-state index in [1.54, 1.807) is 0 Å². The Morgan fingerprint density at radius 1 is 1.12 bits per heavy atom. The molecule has 0 bridgehead atoms. The topological polar surface area (TPSA) is 160 Å². The molecule has 12 nitrogen and oxygen atoms in total. The van der Waals surface area contributed by atoms with Crippen molar-refractivity contribution in [3.05, 3.63) is 39.7 Å². The molecule has 3 rings (SSSR count). The van der Waals surface area contributed by atoms with Crippen LogP contribution in [0.4, 0.5) is 8.78 Å². The van der Waals surface area contributed by atoms with E-state index in [-0.39, 0.29) is 22.7 Å². The number of pyridine rings is 1. The molecule has 1 fully saturated rings. The van der Waals surface area contributed by atoms with Crippen molar-refractivity contribution in [3.8, 4) is 5.75 Å². The normalized spacial score (nSPS) is 12.4. The van der Waals surface area contributed by atoms with Crippen LogP contribution in [0, 0.1) is 11.6 Å². The summed E-state index contributed by atoms with van der Waals surface area (Å²) < 4.78 is 33.8. The van der Waals surface area contributed by atoms with E-state index in [2.05, 4.69) is 19.4 Å². The number of hydrogen-bond donors (Lipinski definition) is 2. The Hall–Kier alpha value is -3.56. The van der Waals surface area contributed by atoms with Crippen LogP contribution in [0.2, 0.25) is 0 Å². The maximum atomic E-state index is 13.9. The van der Waals surface area contributed by atoms with E-state index in [4.69, 9.17) is 14.9 Å². The highest BCUT2D eigenvalue weighted by molar-refractivity contribution is 6.34. The van der Waals surface area contributed by atoms with Crippen molar-refractivity contribution in [1.82, 2.24) is 4.57 Å². The van der Waals surface area contributed by atoms with Gasteiger partial charge in [0.2, 0.25) is 11.2 Å². The zero-order valence-electron chi connectivity index (χ0n) is 17.5. The fourth-order valence-corrected chi connectivity index (χ4v) is 2.64. The third-order valence-electron chi connectivity index (χ3n) is 4.04. The van der Waals surface area contributed by atoms with Gasteiger partial charge in [0.1, 0.15) is 5.56 Å². The predicted octanol–water partition coefficient (Wildman–Crippen LogP) is 1.27. The molecule has 178 valence electrons. The molecule has 0 unspecified atom stereocenters. The first-order valence-corrected chi connectivity index (χ1v) is 9.17. The van der Waals surface area contributed by atoms with E-state index >= 15 is 0 Å². The van der Waals surface area contributed by atoms with Crippen LogP contribution in [0.15, 0.2) is 17.1 Å². The number of rotatable bonds is 7. The Bertz CT molecular complexity index is 1110. The second kappa shape index (κ2) is 10.8. The quantitative estimate of drug-likeness (QED) is 0.339. The van der Waals surface area contributed by atoms with Gasteiger partial charge in [-0.15, -0.1) is 0 Å². The minimum atomic E-state index is -1.95. The Morgan fingerprint density at radius 3 is 2.09 bits per heavy atom. The first-order chi connectivity index (χ1) is 15.5. The summed E-state index contributed by atoms with van der Waals surface area (Å²) in [5, 5.41) is 17.4. The van der Waals surface area contributed by atoms with E-state index < -0.39 is 47.9 Å². The lowest BCUT2D eigenvalue weighted by molar-refractivity contribution is -0.272. The van der Waals surface area contributed by atoms with Gasteiger partial charge >= 0.3 is 25.2 Å². The number of nitrogens with zero attached hydrogens (tertiary/aromatic N) is 1. The van der Waals surface area contributed by atoms with Gasteiger partial charge in [-0.05, 0) is 18.9 Å². The van der Waals surface area contributed by atoms with Crippen LogP contribution in [0.25, 0.3) is 10.9 Å². The highest BCUT2D eigenvalue weighted by atomic mass is 19.2. The van der Waals surface area contributed by atoms with Crippen LogP contribution in [0.3, 0.4) is 0 Å². The highest BCUT2D eigenvalue weighted by Gasteiger charge is 2.30. The summed E-state index contributed by atoms with van der Waals surface area (Å²) in [6.07, 6.45) is 2.73. The molecule has 15 heteroatoms. The molecule has 0 amide bonds. The molecule has 1 aromatic carbocycles. The molecular formula is C18H18BF2NO11. The predicted molar refractivity (Wildman–Crippen MR) is 104 cm³/mol. The molecule has 1 aliphatic carbocycles.